The Balaban J connectivity index is 0.00000364. The van der Waals surface area contributed by atoms with Gasteiger partial charge in [0.05, 0.1) is 18.0 Å². The lowest BCUT2D eigenvalue weighted by atomic mass is 10.2. The first-order valence-electron chi connectivity index (χ1n) is 8.40. The first-order valence-corrected chi connectivity index (χ1v) is 10.3. The van der Waals surface area contributed by atoms with E-state index in [1.807, 2.05) is 0 Å². The quantitative estimate of drug-likeness (QED) is 0.626. The number of rotatable bonds is 7. The highest BCUT2D eigenvalue weighted by Crippen LogP contribution is 2.14. The van der Waals surface area contributed by atoms with Crippen LogP contribution in [-0.4, -0.2) is 89.3 Å². The predicted octanol–water partition coefficient (Wildman–Crippen LogP) is 0.0323. The van der Waals surface area contributed by atoms with Gasteiger partial charge >= 0.3 is 0 Å². The molecule has 2 rings (SSSR count). The first kappa shape index (κ1) is 23.4. The van der Waals surface area contributed by atoms with Crippen molar-refractivity contribution in [3.8, 4) is 0 Å². The fourth-order valence-corrected chi connectivity index (χ4v) is 3.35. The van der Waals surface area contributed by atoms with Gasteiger partial charge in [0, 0.05) is 51.7 Å². The van der Waals surface area contributed by atoms with E-state index >= 15 is 0 Å². The molecule has 1 N–H and O–H groups in total. The summed E-state index contributed by atoms with van der Waals surface area (Å²) in [5.41, 5.74) is 0.342. The summed E-state index contributed by atoms with van der Waals surface area (Å²) < 4.78 is 28.2. The third-order valence-electron chi connectivity index (χ3n) is 4.19. The molecule has 1 heterocycles. The number of halogens is 1. The molecule has 0 saturated carbocycles. The fraction of sp³-hybridized carbons (Fsp3) is 0.529. The molecule has 27 heavy (non-hydrogen) atoms. The molecule has 0 atom stereocenters. The van der Waals surface area contributed by atoms with Crippen LogP contribution in [0.4, 0.5) is 0 Å². The van der Waals surface area contributed by atoms with E-state index in [-0.39, 0.29) is 35.7 Å². The van der Waals surface area contributed by atoms with Crippen LogP contribution in [0.25, 0.3) is 0 Å². The minimum atomic E-state index is -3.36. The van der Waals surface area contributed by atoms with Gasteiger partial charge in [-0.05, 0) is 18.2 Å². The lowest BCUT2D eigenvalue weighted by molar-refractivity contribution is -0.131. The van der Waals surface area contributed by atoms with E-state index in [4.69, 9.17) is 4.74 Å². The van der Waals surface area contributed by atoms with E-state index in [0.29, 0.717) is 44.9 Å². The second-order valence-electron chi connectivity index (χ2n) is 6.14. The summed E-state index contributed by atoms with van der Waals surface area (Å²) in [5.74, 6) is -0.229. The summed E-state index contributed by atoms with van der Waals surface area (Å²) in [5, 5.41) is 3.01. The van der Waals surface area contributed by atoms with Gasteiger partial charge in [0.15, 0.2) is 9.84 Å². The third kappa shape index (κ3) is 6.76. The van der Waals surface area contributed by atoms with Crippen molar-refractivity contribution < 1.29 is 22.7 Å². The maximum Gasteiger partial charge on any atom is 0.254 e. The highest BCUT2D eigenvalue weighted by molar-refractivity contribution is 7.90. The first-order chi connectivity index (χ1) is 12.3. The highest BCUT2D eigenvalue weighted by Gasteiger charge is 2.25. The predicted molar refractivity (Wildman–Crippen MR) is 104 cm³/mol. The van der Waals surface area contributed by atoms with Crippen LogP contribution >= 0.6 is 12.4 Å². The van der Waals surface area contributed by atoms with Gasteiger partial charge in [0.1, 0.15) is 0 Å². The van der Waals surface area contributed by atoms with Gasteiger partial charge in [-0.2, -0.15) is 0 Å². The van der Waals surface area contributed by atoms with Crippen LogP contribution in [0.3, 0.4) is 0 Å². The molecule has 1 aromatic rings. The number of nitrogens with one attached hydrogen (secondary N) is 1. The molecule has 8 nitrogen and oxygen atoms in total. The molecule has 10 heteroatoms. The molecule has 0 bridgehead atoms. The van der Waals surface area contributed by atoms with Crippen LogP contribution in [-0.2, 0) is 19.4 Å². The summed E-state index contributed by atoms with van der Waals surface area (Å²) in [4.78, 5) is 28.2. The topological polar surface area (TPSA) is 96.0 Å². The molecule has 0 radical (unpaired) electrons. The number of nitrogens with zero attached hydrogens (tertiary/aromatic N) is 2. The van der Waals surface area contributed by atoms with Gasteiger partial charge in [-0.25, -0.2) is 8.42 Å². The van der Waals surface area contributed by atoms with Crippen molar-refractivity contribution in [3.63, 3.8) is 0 Å². The third-order valence-corrected chi connectivity index (χ3v) is 5.30. The monoisotopic (exact) mass is 419 g/mol. The molecule has 1 aromatic carbocycles. The second-order valence-corrected chi connectivity index (χ2v) is 8.16. The van der Waals surface area contributed by atoms with Crippen molar-refractivity contribution in [2.24, 2.45) is 0 Å². The van der Waals surface area contributed by atoms with Gasteiger partial charge in [-0.3, -0.25) is 9.59 Å². The van der Waals surface area contributed by atoms with Crippen molar-refractivity contribution in [2.45, 2.75) is 4.90 Å². The maximum absolute atomic E-state index is 12.6. The molecule has 152 valence electrons. The Hall–Kier alpha value is -1.68. The van der Waals surface area contributed by atoms with Gasteiger partial charge in [0.25, 0.3) is 5.91 Å². The van der Waals surface area contributed by atoms with Gasteiger partial charge in [-0.15, -0.1) is 12.4 Å². The molecule has 0 spiro atoms. The second kappa shape index (κ2) is 10.6. The van der Waals surface area contributed by atoms with Crippen LogP contribution in [0, 0.1) is 0 Å². The zero-order chi connectivity index (χ0) is 19.2. The van der Waals surface area contributed by atoms with Crippen LogP contribution in [0.15, 0.2) is 29.2 Å². The van der Waals surface area contributed by atoms with Crippen molar-refractivity contribution in [3.05, 3.63) is 29.8 Å². The van der Waals surface area contributed by atoms with E-state index in [0.717, 1.165) is 6.26 Å². The number of hydrogen-bond acceptors (Lipinski definition) is 6. The van der Waals surface area contributed by atoms with Gasteiger partial charge in [0.2, 0.25) is 5.91 Å². The molecule has 0 aliphatic carbocycles. The van der Waals surface area contributed by atoms with E-state index < -0.39 is 9.84 Å². The average molecular weight is 420 g/mol. The molecular formula is C17H26ClN3O5S. The van der Waals surface area contributed by atoms with E-state index in [1.54, 1.807) is 29.0 Å². The van der Waals surface area contributed by atoms with E-state index in [9.17, 15) is 18.0 Å². The number of carbonyl (C=O) groups is 2. The summed E-state index contributed by atoms with van der Waals surface area (Å²) in [6.07, 6.45) is 1.11. The molecule has 1 aliphatic rings. The SMILES string of the molecule is COCCNCC(=O)N1CCN(C(=O)c2cccc(S(C)(=O)=O)c2)CC1.Cl. The minimum Gasteiger partial charge on any atom is -0.383 e. The number of benzene rings is 1. The Kier molecular flexibility index (Phi) is 9.17. The molecular weight excluding hydrogens is 394 g/mol. The van der Waals surface area contributed by atoms with Crippen LogP contribution in [0.1, 0.15) is 10.4 Å². The molecule has 0 aromatic heterocycles. The Morgan fingerprint density at radius 3 is 2.37 bits per heavy atom. The molecule has 1 aliphatic heterocycles. The standard InChI is InChI=1S/C17H25N3O5S.ClH/c1-25-11-6-18-13-16(21)19-7-9-20(10-8-19)17(22)14-4-3-5-15(12-14)26(2,23)24;/h3-5,12,18H,6-11,13H2,1-2H3;1H. The van der Waals surface area contributed by atoms with Crippen LogP contribution in [0.2, 0.25) is 0 Å². The van der Waals surface area contributed by atoms with Crippen LogP contribution in [0.5, 0.6) is 0 Å². The summed E-state index contributed by atoms with van der Waals surface area (Å²) in [6.45, 7) is 3.16. The minimum absolute atomic E-state index is 0. The summed E-state index contributed by atoms with van der Waals surface area (Å²) >= 11 is 0. The Morgan fingerprint density at radius 2 is 1.78 bits per heavy atom. The lowest BCUT2D eigenvalue weighted by Crippen LogP contribution is -2.52. The Morgan fingerprint density at radius 1 is 1.15 bits per heavy atom. The fourth-order valence-electron chi connectivity index (χ4n) is 2.68. The maximum atomic E-state index is 12.6. The zero-order valence-corrected chi connectivity index (χ0v) is 17.1. The molecule has 1 fully saturated rings. The average Bonchev–Trinajstić information content (AvgIpc) is 2.64. The highest BCUT2D eigenvalue weighted by atomic mass is 35.5. The van der Waals surface area contributed by atoms with Crippen LogP contribution < -0.4 is 5.32 Å². The zero-order valence-electron chi connectivity index (χ0n) is 15.5. The summed E-state index contributed by atoms with van der Waals surface area (Å²) in [7, 11) is -1.76. The van der Waals surface area contributed by atoms with E-state index in [1.165, 1.54) is 12.1 Å². The largest absolute Gasteiger partial charge is 0.383 e. The van der Waals surface area contributed by atoms with Gasteiger partial charge in [-0.1, -0.05) is 6.07 Å². The van der Waals surface area contributed by atoms with E-state index in [2.05, 4.69) is 5.32 Å². The number of carbonyl (C=O) groups excluding carboxylic acids is 2. The smallest absolute Gasteiger partial charge is 0.254 e. The number of sulfone groups is 1. The molecule has 2 amide bonds. The van der Waals surface area contributed by atoms with Crippen molar-refractivity contribution >= 4 is 34.1 Å². The lowest BCUT2D eigenvalue weighted by Gasteiger charge is -2.35. The van der Waals surface area contributed by atoms with Gasteiger partial charge < -0.3 is 19.9 Å². The van der Waals surface area contributed by atoms with Crippen molar-refractivity contribution in [1.29, 1.82) is 0 Å². The number of methoxy groups -OCH3 is 1. The summed E-state index contributed by atoms with van der Waals surface area (Å²) in [6, 6.07) is 6.04. The Bertz CT molecular complexity index is 749. The molecule has 1 saturated heterocycles. The number of amides is 2. The van der Waals surface area contributed by atoms with Crippen molar-refractivity contribution in [2.75, 3.05) is 59.2 Å². The normalized spacial score (nSPS) is 14.6. The number of ether oxygens (including phenoxy) is 1. The number of piperazine rings is 1. The molecule has 0 unspecified atom stereocenters. The number of hydrogen-bond donors (Lipinski definition) is 1. The van der Waals surface area contributed by atoms with Crippen molar-refractivity contribution in [1.82, 2.24) is 15.1 Å². The Labute approximate surface area is 166 Å².